The fourth-order valence-corrected chi connectivity index (χ4v) is 1.66. The van der Waals surface area contributed by atoms with Crippen LogP contribution in [0.25, 0.3) is 0 Å². The van der Waals surface area contributed by atoms with Crippen molar-refractivity contribution in [2.75, 3.05) is 25.5 Å². The number of amides is 2. The van der Waals surface area contributed by atoms with Gasteiger partial charge in [-0.1, -0.05) is 12.1 Å². The predicted molar refractivity (Wildman–Crippen MR) is 85.1 cm³/mol. The topological polar surface area (TPSA) is 67.9 Å². The van der Waals surface area contributed by atoms with Crippen LogP contribution >= 0.6 is 0 Å². The van der Waals surface area contributed by atoms with E-state index in [2.05, 4.69) is 5.32 Å². The second kappa shape index (κ2) is 7.68. The van der Waals surface area contributed by atoms with E-state index in [1.165, 1.54) is 11.9 Å². The highest BCUT2D eigenvalue weighted by Crippen LogP contribution is 2.23. The molecule has 0 aromatic heterocycles. The highest BCUT2D eigenvalue weighted by atomic mass is 16.6. The Morgan fingerprint density at radius 3 is 2.45 bits per heavy atom. The second-order valence-electron chi connectivity index (χ2n) is 5.81. The van der Waals surface area contributed by atoms with Crippen LogP contribution in [-0.4, -0.2) is 42.7 Å². The van der Waals surface area contributed by atoms with Crippen molar-refractivity contribution in [3.8, 4) is 5.75 Å². The number of benzene rings is 1. The van der Waals surface area contributed by atoms with Crippen molar-refractivity contribution in [2.45, 2.75) is 33.3 Å². The van der Waals surface area contributed by atoms with Gasteiger partial charge in [0.2, 0.25) is 5.91 Å². The van der Waals surface area contributed by atoms with E-state index in [1.54, 1.807) is 39.0 Å². The van der Waals surface area contributed by atoms with Gasteiger partial charge in [0.1, 0.15) is 17.9 Å². The van der Waals surface area contributed by atoms with Crippen LogP contribution in [0.3, 0.4) is 0 Å². The molecule has 0 unspecified atom stereocenters. The maximum absolute atomic E-state index is 12.0. The molecule has 0 fully saturated rings. The lowest BCUT2D eigenvalue weighted by molar-refractivity contribution is -0.117. The van der Waals surface area contributed by atoms with Crippen LogP contribution < -0.4 is 10.1 Å². The zero-order chi connectivity index (χ0) is 16.8. The monoisotopic (exact) mass is 308 g/mol. The van der Waals surface area contributed by atoms with E-state index in [1.807, 2.05) is 13.0 Å². The number of rotatable bonds is 5. The minimum absolute atomic E-state index is 0.102. The molecule has 0 aliphatic heterocycles. The molecule has 0 spiro atoms. The predicted octanol–water partition coefficient (Wildman–Crippen LogP) is 2.89. The van der Waals surface area contributed by atoms with Crippen molar-refractivity contribution in [2.24, 2.45) is 0 Å². The lowest BCUT2D eigenvalue weighted by Crippen LogP contribution is -2.38. The first-order valence-corrected chi connectivity index (χ1v) is 7.18. The Hall–Kier alpha value is -2.24. The number of carbonyl (C=O) groups is 2. The molecule has 1 aromatic carbocycles. The highest BCUT2D eigenvalue weighted by molar-refractivity contribution is 5.95. The van der Waals surface area contributed by atoms with Crippen molar-refractivity contribution in [1.82, 2.24) is 4.90 Å². The van der Waals surface area contributed by atoms with Gasteiger partial charge in [-0.3, -0.25) is 4.79 Å². The number of nitrogens with zero attached hydrogens (tertiary/aromatic N) is 1. The average molecular weight is 308 g/mol. The van der Waals surface area contributed by atoms with Crippen molar-refractivity contribution < 1.29 is 19.1 Å². The van der Waals surface area contributed by atoms with Gasteiger partial charge < -0.3 is 19.7 Å². The maximum atomic E-state index is 12.0. The molecule has 0 atom stereocenters. The molecule has 0 aliphatic rings. The molecule has 122 valence electrons. The number of hydrogen-bond donors (Lipinski definition) is 1. The second-order valence-corrected chi connectivity index (χ2v) is 5.81. The summed E-state index contributed by atoms with van der Waals surface area (Å²) >= 11 is 0. The van der Waals surface area contributed by atoms with Gasteiger partial charge in [0.05, 0.1) is 12.3 Å². The van der Waals surface area contributed by atoms with Gasteiger partial charge in [0, 0.05) is 7.05 Å². The van der Waals surface area contributed by atoms with E-state index < -0.39 is 11.7 Å². The zero-order valence-electron chi connectivity index (χ0n) is 13.8. The number of nitrogens with one attached hydrogen (secondary N) is 1. The van der Waals surface area contributed by atoms with Gasteiger partial charge in [-0.2, -0.15) is 0 Å². The summed E-state index contributed by atoms with van der Waals surface area (Å²) in [6.45, 7) is 7.60. The summed E-state index contributed by atoms with van der Waals surface area (Å²) < 4.78 is 10.6. The molecule has 22 heavy (non-hydrogen) atoms. The fraction of sp³-hybridized carbons (Fsp3) is 0.500. The van der Waals surface area contributed by atoms with E-state index in [0.717, 1.165) is 0 Å². The third-order valence-corrected chi connectivity index (χ3v) is 2.55. The van der Waals surface area contributed by atoms with Gasteiger partial charge in [-0.15, -0.1) is 0 Å². The van der Waals surface area contributed by atoms with Crippen LogP contribution in [0.4, 0.5) is 10.5 Å². The molecule has 6 heteroatoms. The summed E-state index contributed by atoms with van der Waals surface area (Å²) in [5.41, 5.74) is -0.0180. The number of hydrogen-bond acceptors (Lipinski definition) is 4. The highest BCUT2D eigenvalue weighted by Gasteiger charge is 2.21. The summed E-state index contributed by atoms with van der Waals surface area (Å²) in [6, 6.07) is 7.15. The number of carbonyl (C=O) groups excluding carboxylic acids is 2. The smallest absolute Gasteiger partial charge is 0.410 e. The van der Waals surface area contributed by atoms with E-state index >= 15 is 0 Å². The lowest BCUT2D eigenvalue weighted by Gasteiger charge is -2.24. The molecule has 0 bridgehead atoms. The van der Waals surface area contributed by atoms with Crippen molar-refractivity contribution >= 4 is 17.7 Å². The molecule has 0 aliphatic carbocycles. The molecule has 2 amide bonds. The Bertz CT molecular complexity index is 523. The lowest BCUT2D eigenvalue weighted by atomic mass is 10.2. The van der Waals surface area contributed by atoms with Crippen LogP contribution in [0.1, 0.15) is 27.7 Å². The molecular formula is C16H24N2O4. The molecule has 1 aromatic rings. The number of likely N-dealkylation sites (N-methyl/N-ethyl adjacent to an activating group) is 1. The van der Waals surface area contributed by atoms with Crippen molar-refractivity contribution in [3.63, 3.8) is 0 Å². The van der Waals surface area contributed by atoms with Gasteiger partial charge in [-0.05, 0) is 39.8 Å². The summed E-state index contributed by atoms with van der Waals surface area (Å²) in [5, 5.41) is 2.73. The molecule has 0 saturated carbocycles. The van der Waals surface area contributed by atoms with Gasteiger partial charge in [-0.25, -0.2) is 4.79 Å². The van der Waals surface area contributed by atoms with E-state index in [9.17, 15) is 9.59 Å². The van der Waals surface area contributed by atoms with Crippen LogP contribution in [0, 0.1) is 0 Å². The molecule has 1 rings (SSSR count). The van der Waals surface area contributed by atoms with E-state index in [4.69, 9.17) is 9.47 Å². The van der Waals surface area contributed by atoms with Crippen LogP contribution in [0.2, 0.25) is 0 Å². The first kappa shape index (κ1) is 17.8. The SMILES string of the molecule is CCOc1ccccc1NC(=O)CN(C)C(=O)OC(C)(C)C. The van der Waals surface area contributed by atoms with Crippen LogP contribution in [0.5, 0.6) is 5.75 Å². The molecule has 1 N–H and O–H groups in total. The minimum Gasteiger partial charge on any atom is -0.492 e. The Morgan fingerprint density at radius 2 is 1.86 bits per heavy atom. The van der Waals surface area contributed by atoms with E-state index in [0.29, 0.717) is 18.0 Å². The largest absolute Gasteiger partial charge is 0.492 e. The Morgan fingerprint density at radius 1 is 1.23 bits per heavy atom. The number of anilines is 1. The molecular weight excluding hydrogens is 284 g/mol. The Balaban J connectivity index is 2.61. The van der Waals surface area contributed by atoms with Crippen molar-refractivity contribution in [3.05, 3.63) is 24.3 Å². The number of ether oxygens (including phenoxy) is 2. The molecule has 0 radical (unpaired) electrons. The van der Waals surface area contributed by atoms with Crippen LogP contribution in [0.15, 0.2) is 24.3 Å². The fourth-order valence-electron chi connectivity index (χ4n) is 1.66. The third kappa shape index (κ3) is 6.03. The van der Waals surface area contributed by atoms with E-state index in [-0.39, 0.29) is 12.5 Å². The molecule has 0 saturated heterocycles. The summed E-state index contributed by atoms with van der Waals surface area (Å²) in [4.78, 5) is 25.1. The Labute approximate surface area is 131 Å². The zero-order valence-corrected chi connectivity index (χ0v) is 13.8. The minimum atomic E-state index is -0.594. The van der Waals surface area contributed by atoms with Gasteiger partial charge in [0.25, 0.3) is 0 Å². The Kier molecular flexibility index (Phi) is 6.22. The van der Waals surface area contributed by atoms with Gasteiger partial charge >= 0.3 is 6.09 Å². The standard InChI is InChI=1S/C16H24N2O4/c1-6-21-13-10-8-7-9-12(13)17-14(19)11-18(5)15(20)22-16(2,3)4/h7-10H,6,11H2,1-5H3,(H,17,19). The normalized spacial score (nSPS) is 10.8. The number of para-hydroxylation sites is 2. The average Bonchev–Trinajstić information content (AvgIpc) is 2.39. The van der Waals surface area contributed by atoms with Crippen molar-refractivity contribution in [1.29, 1.82) is 0 Å². The quantitative estimate of drug-likeness (QED) is 0.908. The first-order chi connectivity index (χ1) is 10.2. The molecule has 6 nitrogen and oxygen atoms in total. The summed E-state index contributed by atoms with van der Waals surface area (Å²) in [7, 11) is 1.52. The summed E-state index contributed by atoms with van der Waals surface area (Å²) in [5.74, 6) is 0.277. The molecule has 0 heterocycles. The van der Waals surface area contributed by atoms with Crippen LogP contribution in [-0.2, 0) is 9.53 Å². The summed E-state index contributed by atoms with van der Waals surface area (Å²) in [6.07, 6.45) is -0.541. The maximum Gasteiger partial charge on any atom is 0.410 e. The van der Waals surface area contributed by atoms with Gasteiger partial charge in [0.15, 0.2) is 0 Å². The first-order valence-electron chi connectivity index (χ1n) is 7.18. The third-order valence-electron chi connectivity index (χ3n) is 2.55.